The average Bonchev–Trinajstić information content (AvgIpc) is 2.20. The molecule has 0 aliphatic carbocycles. The molecule has 0 saturated carbocycles. The van der Waals surface area contributed by atoms with Crippen LogP contribution in [0.2, 0.25) is 0 Å². The lowest BCUT2D eigenvalue weighted by Gasteiger charge is -2.06. The Labute approximate surface area is 96.5 Å². The van der Waals surface area contributed by atoms with Crippen molar-refractivity contribution in [2.75, 3.05) is 53.2 Å². The van der Waals surface area contributed by atoms with Gasteiger partial charge in [-0.25, -0.2) is 0 Å². The first-order valence-corrected chi connectivity index (χ1v) is 5.33. The summed E-state index contributed by atoms with van der Waals surface area (Å²) in [6.45, 7) is 8.05. The van der Waals surface area contributed by atoms with Crippen LogP contribution in [0.3, 0.4) is 0 Å². The van der Waals surface area contributed by atoms with Gasteiger partial charge in [0, 0.05) is 25.2 Å². The zero-order chi connectivity index (χ0) is 11.4. The zero-order valence-corrected chi connectivity index (χ0v) is 10.0. The third kappa shape index (κ3) is 13.9. The largest absolute Gasteiger partial charge is 0.382 e. The maximum atomic E-state index is 5.56. The normalized spacial score (nSPS) is 10.5. The highest BCUT2D eigenvalue weighted by Gasteiger charge is 1.91. The number of hydrogen-bond acceptors (Lipinski definition) is 4. The van der Waals surface area contributed by atoms with Gasteiger partial charge in [0.2, 0.25) is 0 Å². The average molecular weight is 238 g/mol. The predicted molar refractivity (Wildman–Crippen MR) is 61.4 cm³/mol. The fraction of sp³-hybridized carbons (Fsp3) is 0.800. The van der Waals surface area contributed by atoms with Crippen molar-refractivity contribution in [1.29, 1.82) is 0 Å². The second-order valence-corrected chi connectivity index (χ2v) is 3.45. The number of ether oxygens (including phenoxy) is 3. The Hall–Kier alpha value is -0.130. The minimum atomic E-state index is 0.603. The van der Waals surface area contributed by atoms with Gasteiger partial charge in [-0.05, 0) is 0 Å². The lowest BCUT2D eigenvalue weighted by Crippen LogP contribution is -2.21. The minimum Gasteiger partial charge on any atom is -0.382 e. The lowest BCUT2D eigenvalue weighted by atomic mass is 10.6. The predicted octanol–water partition coefficient (Wildman–Crippen LogP) is 1.01. The van der Waals surface area contributed by atoms with Gasteiger partial charge in [0.15, 0.2) is 0 Å². The van der Waals surface area contributed by atoms with E-state index in [0.717, 1.165) is 6.54 Å². The van der Waals surface area contributed by atoms with Crippen LogP contribution in [0, 0.1) is 0 Å². The van der Waals surface area contributed by atoms with E-state index in [0.29, 0.717) is 44.6 Å². The second-order valence-electron chi connectivity index (χ2n) is 2.91. The van der Waals surface area contributed by atoms with Gasteiger partial charge in [0.05, 0.1) is 33.0 Å². The first-order chi connectivity index (χ1) is 7.27. The summed E-state index contributed by atoms with van der Waals surface area (Å²) in [7, 11) is 1.65. The summed E-state index contributed by atoms with van der Waals surface area (Å²) < 4.78 is 15.3. The molecule has 0 amide bonds. The molecule has 0 aromatic carbocycles. The summed E-state index contributed by atoms with van der Waals surface area (Å²) in [6.07, 6.45) is 0. The highest BCUT2D eigenvalue weighted by Crippen LogP contribution is 1.91. The lowest BCUT2D eigenvalue weighted by molar-refractivity contribution is 0.0257. The van der Waals surface area contributed by atoms with Gasteiger partial charge >= 0.3 is 0 Å². The van der Waals surface area contributed by atoms with Gasteiger partial charge in [-0.2, -0.15) is 0 Å². The maximum Gasteiger partial charge on any atom is 0.0701 e. The number of halogens is 1. The molecule has 1 N–H and O–H groups in total. The van der Waals surface area contributed by atoms with Gasteiger partial charge in [-0.15, -0.1) is 0 Å². The van der Waals surface area contributed by atoms with Crippen molar-refractivity contribution in [3.63, 3.8) is 0 Å². The summed E-state index contributed by atoms with van der Waals surface area (Å²) in [6, 6.07) is 0. The third-order valence-electron chi connectivity index (χ3n) is 1.54. The SMILES string of the molecule is C=C(Cl)CNCCOCCOCCOC. The van der Waals surface area contributed by atoms with E-state index in [1.54, 1.807) is 7.11 Å². The van der Waals surface area contributed by atoms with Crippen LogP contribution in [-0.4, -0.2) is 53.2 Å². The Balaban J connectivity index is 2.89. The molecule has 0 fully saturated rings. The Bertz CT molecular complexity index is 156. The van der Waals surface area contributed by atoms with Gasteiger partial charge < -0.3 is 19.5 Å². The highest BCUT2D eigenvalue weighted by atomic mass is 35.5. The van der Waals surface area contributed by atoms with Crippen molar-refractivity contribution in [1.82, 2.24) is 5.32 Å². The first kappa shape index (κ1) is 14.9. The van der Waals surface area contributed by atoms with Crippen LogP contribution in [0.25, 0.3) is 0 Å². The molecule has 0 rings (SSSR count). The first-order valence-electron chi connectivity index (χ1n) is 4.95. The van der Waals surface area contributed by atoms with Gasteiger partial charge in [-0.1, -0.05) is 18.2 Å². The monoisotopic (exact) mass is 237 g/mol. The molecular formula is C10H20ClNO3. The quantitative estimate of drug-likeness (QED) is 0.545. The minimum absolute atomic E-state index is 0.603. The molecule has 0 spiro atoms. The molecule has 0 aliphatic heterocycles. The Morgan fingerprint density at radius 3 is 2.33 bits per heavy atom. The van der Waals surface area contributed by atoms with E-state index in [1.807, 2.05) is 0 Å². The molecule has 0 atom stereocenters. The van der Waals surface area contributed by atoms with Crippen LogP contribution in [0.5, 0.6) is 0 Å². The van der Waals surface area contributed by atoms with Crippen LogP contribution < -0.4 is 5.32 Å². The molecule has 0 aromatic rings. The number of rotatable bonds is 11. The summed E-state index contributed by atoms with van der Waals surface area (Å²) in [5.41, 5.74) is 0. The van der Waals surface area contributed by atoms with Crippen molar-refractivity contribution >= 4 is 11.6 Å². The van der Waals surface area contributed by atoms with Crippen molar-refractivity contribution in [2.24, 2.45) is 0 Å². The van der Waals surface area contributed by atoms with E-state index in [9.17, 15) is 0 Å². The second kappa shape index (κ2) is 11.9. The molecular weight excluding hydrogens is 218 g/mol. The van der Waals surface area contributed by atoms with Crippen LogP contribution in [-0.2, 0) is 14.2 Å². The number of hydrogen-bond donors (Lipinski definition) is 1. The van der Waals surface area contributed by atoms with Crippen molar-refractivity contribution in [2.45, 2.75) is 0 Å². The Morgan fingerprint density at radius 2 is 1.73 bits per heavy atom. The van der Waals surface area contributed by atoms with Crippen LogP contribution >= 0.6 is 11.6 Å². The topological polar surface area (TPSA) is 39.7 Å². The molecule has 90 valence electrons. The number of methoxy groups -OCH3 is 1. The Kier molecular flexibility index (Phi) is 11.8. The molecule has 4 nitrogen and oxygen atoms in total. The molecule has 0 aromatic heterocycles. The molecule has 0 unspecified atom stereocenters. The molecule has 15 heavy (non-hydrogen) atoms. The fourth-order valence-corrected chi connectivity index (χ4v) is 0.927. The summed E-state index contributed by atoms with van der Waals surface area (Å²) in [5.74, 6) is 0. The zero-order valence-electron chi connectivity index (χ0n) is 9.26. The standard InChI is InChI=1S/C10H20ClNO3/c1-10(11)9-12-3-4-14-7-8-15-6-5-13-2/h12H,1,3-9H2,2H3. The highest BCUT2D eigenvalue weighted by molar-refractivity contribution is 6.29. The van der Waals surface area contributed by atoms with Crippen LogP contribution in [0.4, 0.5) is 0 Å². The molecule has 0 heterocycles. The molecule has 0 radical (unpaired) electrons. The summed E-state index contributed by atoms with van der Waals surface area (Å²) in [5, 5.41) is 3.69. The van der Waals surface area contributed by atoms with Crippen molar-refractivity contribution in [3.8, 4) is 0 Å². The van der Waals surface area contributed by atoms with Gasteiger partial charge in [0.1, 0.15) is 0 Å². The van der Waals surface area contributed by atoms with Crippen LogP contribution in [0.1, 0.15) is 0 Å². The molecule has 0 aliphatic rings. The van der Waals surface area contributed by atoms with Gasteiger partial charge in [0.25, 0.3) is 0 Å². The van der Waals surface area contributed by atoms with E-state index < -0.39 is 0 Å². The molecule has 0 saturated heterocycles. The Morgan fingerprint density at radius 1 is 1.13 bits per heavy atom. The number of nitrogens with one attached hydrogen (secondary N) is 1. The van der Waals surface area contributed by atoms with Crippen molar-refractivity contribution in [3.05, 3.63) is 11.6 Å². The van der Waals surface area contributed by atoms with E-state index >= 15 is 0 Å². The van der Waals surface area contributed by atoms with Crippen LogP contribution in [0.15, 0.2) is 11.6 Å². The summed E-state index contributed by atoms with van der Waals surface area (Å²) >= 11 is 5.56. The summed E-state index contributed by atoms with van der Waals surface area (Å²) in [4.78, 5) is 0. The molecule has 0 bridgehead atoms. The molecule has 5 heteroatoms. The third-order valence-corrected chi connectivity index (χ3v) is 1.68. The van der Waals surface area contributed by atoms with E-state index in [2.05, 4.69) is 11.9 Å². The maximum absolute atomic E-state index is 5.56. The smallest absolute Gasteiger partial charge is 0.0701 e. The fourth-order valence-electron chi connectivity index (χ4n) is 0.833. The van der Waals surface area contributed by atoms with E-state index in [4.69, 9.17) is 25.8 Å². The van der Waals surface area contributed by atoms with Gasteiger partial charge in [-0.3, -0.25) is 0 Å². The van der Waals surface area contributed by atoms with Crippen molar-refractivity contribution < 1.29 is 14.2 Å². The van der Waals surface area contributed by atoms with E-state index in [1.165, 1.54) is 0 Å². The van der Waals surface area contributed by atoms with E-state index in [-0.39, 0.29) is 0 Å².